The van der Waals surface area contributed by atoms with E-state index < -0.39 is 0 Å². The van der Waals surface area contributed by atoms with Gasteiger partial charge in [0.15, 0.2) is 0 Å². The van der Waals surface area contributed by atoms with Gasteiger partial charge >= 0.3 is 0 Å². The second-order valence-electron chi connectivity index (χ2n) is 4.84. The zero-order chi connectivity index (χ0) is 13.5. The first-order valence-corrected chi connectivity index (χ1v) is 6.67. The van der Waals surface area contributed by atoms with Crippen LogP contribution < -0.4 is 5.32 Å². The van der Waals surface area contributed by atoms with Crippen molar-refractivity contribution in [2.75, 3.05) is 0 Å². The molecule has 0 aliphatic heterocycles. The van der Waals surface area contributed by atoms with Gasteiger partial charge in [-0.1, -0.05) is 36.4 Å². The highest BCUT2D eigenvalue weighted by atomic mass is 15.3. The highest BCUT2D eigenvalue weighted by molar-refractivity contribution is 5.15. The topological polar surface area (TPSA) is 29.9 Å². The first-order chi connectivity index (χ1) is 9.28. The molecule has 0 spiro atoms. The molecule has 3 nitrogen and oxygen atoms in total. The Morgan fingerprint density at radius 3 is 2.84 bits per heavy atom. The van der Waals surface area contributed by atoms with Crippen LogP contribution >= 0.6 is 0 Å². The molecule has 0 aliphatic carbocycles. The molecule has 1 unspecified atom stereocenters. The zero-order valence-corrected chi connectivity index (χ0v) is 11.4. The Bertz CT molecular complexity index is 502. The Labute approximate surface area is 115 Å². The van der Waals surface area contributed by atoms with Crippen molar-refractivity contribution >= 4 is 0 Å². The molecule has 0 fully saturated rings. The molecule has 2 rings (SSSR count). The van der Waals surface area contributed by atoms with Crippen molar-refractivity contribution in [3.63, 3.8) is 0 Å². The molecule has 1 atom stereocenters. The Hall–Kier alpha value is -1.87. The number of hydrogen-bond acceptors (Lipinski definition) is 2. The molecule has 1 N–H and O–H groups in total. The predicted molar refractivity (Wildman–Crippen MR) is 78.9 cm³/mol. The molecule has 1 aromatic carbocycles. The van der Waals surface area contributed by atoms with Crippen molar-refractivity contribution in [2.24, 2.45) is 0 Å². The fourth-order valence-corrected chi connectivity index (χ4v) is 1.98. The lowest BCUT2D eigenvalue weighted by atomic mass is 10.2. The average Bonchev–Trinajstić information content (AvgIpc) is 2.86. The first-order valence-electron chi connectivity index (χ1n) is 6.67. The Morgan fingerprint density at radius 1 is 1.32 bits per heavy atom. The number of aromatic nitrogens is 2. The van der Waals surface area contributed by atoms with Crippen molar-refractivity contribution in [2.45, 2.75) is 32.5 Å². The summed E-state index contributed by atoms with van der Waals surface area (Å²) in [6.45, 7) is 7.59. The fourth-order valence-electron chi connectivity index (χ4n) is 1.98. The van der Waals surface area contributed by atoms with Gasteiger partial charge < -0.3 is 5.32 Å². The smallest absolute Gasteiger partial charge is 0.0659 e. The third kappa shape index (κ3) is 4.38. The van der Waals surface area contributed by atoms with E-state index in [9.17, 15) is 0 Å². The van der Waals surface area contributed by atoms with E-state index in [4.69, 9.17) is 0 Å². The van der Waals surface area contributed by atoms with Gasteiger partial charge in [0.2, 0.25) is 0 Å². The second kappa shape index (κ2) is 6.90. The first kappa shape index (κ1) is 13.6. The van der Waals surface area contributed by atoms with Crippen LogP contribution in [0.3, 0.4) is 0 Å². The molecule has 1 aromatic heterocycles. The van der Waals surface area contributed by atoms with Crippen LogP contribution in [0, 0.1) is 0 Å². The standard InChI is InChI=1S/C16H21N3/c1-3-7-14(2)17-10-16-11-18-19(13-16)12-15-8-5-4-6-9-15/h3-6,8-9,11,13-14,17H,1,7,10,12H2,2H3. The maximum absolute atomic E-state index is 4.39. The van der Waals surface area contributed by atoms with Crippen LogP contribution in [0.2, 0.25) is 0 Å². The molecular weight excluding hydrogens is 234 g/mol. The van der Waals surface area contributed by atoms with Crippen LogP contribution in [0.5, 0.6) is 0 Å². The SMILES string of the molecule is C=CCC(C)NCc1cnn(Cc2ccccc2)c1. The lowest BCUT2D eigenvalue weighted by molar-refractivity contribution is 0.553. The summed E-state index contributed by atoms with van der Waals surface area (Å²) in [5.41, 5.74) is 2.48. The van der Waals surface area contributed by atoms with Crippen LogP contribution in [-0.4, -0.2) is 15.8 Å². The fraction of sp³-hybridized carbons (Fsp3) is 0.312. The van der Waals surface area contributed by atoms with Crippen molar-refractivity contribution in [3.05, 3.63) is 66.5 Å². The van der Waals surface area contributed by atoms with E-state index in [1.54, 1.807) is 0 Å². The highest BCUT2D eigenvalue weighted by Gasteiger charge is 2.02. The summed E-state index contributed by atoms with van der Waals surface area (Å²) in [6, 6.07) is 10.8. The number of rotatable bonds is 7. The van der Waals surface area contributed by atoms with Crippen molar-refractivity contribution in [1.29, 1.82) is 0 Å². The van der Waals surface area contributed by atoms with Crippen LogP contribution in [0.15, 0.2) is 55.4 Å². The summed E-state index contributed by atoms with van der Waals surface area (Å²) in [6.07, 6.45) is 6.95. The maximum atomic E-state index is 4.39. The predicted octanol–water partition coefficient (Wildman–Crippen LogP) is 2.99. The van der Waals surface area contributed by atoms with Crippen LogP contribution in [0.25, 0.3) is 0 Å². The molecule has 0 saturated carbocycles. The minimum Gasteiger partial charge on any atom is -0.310 e. The lowest BCUT2D eigenvalue weighted by Crippen LogP contribution is -2.24. The van der Waals surface area contributed by atoms with Crippen molar-refractivity contribution in [3.8, 4) is 0 Å². The van der Waals surface area contributed by atoms with Crippen LogP contribution in [0.4, 0.5) is 0 Å². The minimum absolute atomic E-state index is 0.454. The van der Waals surface area contributed by atoms with Crippen LogP contribution in [-0.2, 0) is 13.1 Å². The average molecular weight is 255 g/mol. The van der Waals surface area contributed by atoms with E-state index in [0.717, 1.165) is 19.5 Å². The minimum atomic E-state index is 0.454. The largest absolute Gasteiger partial charge is 0.310 e. The Balaban J connectivity index is 1.87. The van der Waals surface area contributed by atoms with E-state index in [1.165, 1.54) is 11.1 Å². The maximum Gasteiger partial charge on any atom is 0.0659 e. The highest BCUT2D eigenvalue weighted by Crippen LogP contribution is 2.04. The molecule has 0 bridgehead atoms. The molecule has 0 aliphatic rings. The molecule has 100 valence electrons. The lowest BCUT2D eigenvalue weighted by Gasteiger charge is -2.09. The van der Waals surface area contributed by atoms with Gasteiger partial charge in [-0.3, -0.25) is 4.68 Å². The van der Waals surface area contributed by atoms with Gasteiger partial charge in [0.1, 0.15) is 0 Å². The van der Waals surface area contributed by atoms with E-state index in [1.807, 2.05) is 23.0 Å². The summed E-state index contributed by atoms with van der Waals surface area (Å²) in [5.74, 6) is 0. The monoisotopic (exact) mass is 255 g/mol. The number of benzene rings is 1. The van der Waals surface area contributed by atoms with E-state index in [2.05, 4.69) is 54.4 Å². The van der Waals surface area contributed by atoms with Gasteiger partial charge in [0, 0.05) is 24.3 Å². The van der Waals surface area contributed by atoms with E-state index >= 15 is 0 Å². The summed E-state index contributed by atoms with van der Waals surface area (Å²) >= 11 is 0. The number of nitrogens with zero attached hydrogens (tertiary/aromatic N) is 2. The van der Waals surface area contributed by atoms with Gasteiger partial charge in [-0.15, -0.1) is 6.58 Å². The van der Waals surface area contributed by atoms with E-state index in [0.29, 0.717) is 6.04 Å². The van der Waals surface area contributed by atoms with Crippen molar-refractivity contribution < 1.29 is 0 Å². The summed E-state index contributed by atoms with van der Waals surface area (Å²) in [7, 11) is 0. The van der Waals surface area contributed by atoms with Gasteiger partial charge in [0.05, 0.1) is 12.7 Å². The van der Waals surface area contributed by atoms with Gasteiger partial charge in [-0.2, -0.15) is 5.10 Å². The Kier molecular flexibility index (Phi) is 4.93. The summed E-state index contributed by atoms with van der Waals surface area (Å²) in [4.78, 5) is 0. The Morgan fingerprint density at radius 2 is 2.11 bits per heavy atom. The quantitative estimate of drug-likeness (QED) is 0.771. The van der Waals surface area contributed by atoms with Crippen LogP contribution in [0.1, 0.15) is 24.5 Å². The number of nitrogens with one attached hydrogen (secondary N) is 1. The normalized spacial score (nSPS) is 12.3. The van der Waals surface area contributed by atoms with Gasteiger partial charge in [-0.05, 0) is 18.9 Å². The molecule has 0 saturated heterocycles. The summed E-state index contributed by atoms with van der Waals surface area (Å²) < 4.78 is 1.98. The zero-order valence-electron chi connectivity index (χ0n) is 11.4. The summed E-state index contributed by atoms with van der Waals surface area (Å²) in [5, 5.41) is 7.84. The van der Waals surface area contributed by atoms with Gasteiger partial charge in [-0.25, -0.2) is 0 Å². The van der Waals surface area contributed by atoms with Gasteiger partial charge in [0.25, 0.3) is 0 Å². The third-order valence-electron chi connectivity index (χ3n) is 3.05. The molecule has 3 heteroatoms. The van der Waals surface area contributed by atoms with Crippen molar-refractivity contribution in [1.82, 2.24) is 15.1 Å². The number of hydrogen-bond donors (Lipinski definition) is 1. The molecule has 0 radical (unpaired) electrons. The molecule has 0 amide bonds. The molecule has 1 heterocycles. The van der Waals surface area contributed by atoms with E-state index in [-0.39, 0.29) is 0 Å². The third-order valence-corrected chi connectivity index (χ3v) is 3.05. The molecule has 19 heavy (non-hydrogen) atoms. The molecule has 2 aromatic rings. The molecular formula is C16H21N3. The second-order valence-corrected chi connectivity index (χ2v) is 4.84.